The normalized spacial score (nSPS) is 18.4. The first-order valence-corrected chi connectivity index (χ1v) is 7.29. The van der Waals surface area contributed by atoms with Crippen molar-refractivity contribution < 1.29 is 14.7 Å². The zero-order valence-electron chi connectivity index (χ0n) is 12.0. The van der Waals surface area contributed by atoms with Gasteiger partial charge in [-0.3, -0.25) is 14.5 Å². The third kappa shape index (κ3) is 4.27. The highest BCUT2D eigenvalue weighted by atomic mass is 35.5. The molecule has 1 atom stereocenters. The fourth-order valence-corrected chi connectivity index (χ4v) is 2.56. The number of carboxylic acid groups (broad SMARTS) is 1. The van der Waals surface area contributed by atoms with E-state index in [-0.39, 0.29) is 12.2 Å². The van der Waals surface area contributed by atoms with E-state index >= 15 is 0 Å². The van der Waals surface area contributed by atoms with Crippen molar-refractivity contribution in [1.29, 1.82) is 0 Å². The Morgan fingerprint density at radius 3 is 2.29 bits per heavy atom. The molecule has 0 radical (unpaired) electrons. The summed E-state index contributed by atoms with van der Waals surface area (Å²) in [6.45, 7) is 2.97. The number of carbonyl (C=O) groups is 2. The molecule has 114 valence electrons. The number of Topliss-reactive ketones (excluding diaryl/α,β-unsaturated/α-hetero) is 1. The maximum absolute atomic E-state index is 12.2. The van der Waals surface area contributed by atoms with Crippen LogP contribution in [0.15, 0.2) is 24.3 Å². The molecule has 21 heavy (non-hydrogen) atoms. The van der Waals surface area contributed by atoms with E-state index in [1.54, 1.807) is 24.3 Å². The average molecular weight is 311 g/mol. The maximum atomic E-state index is 12.2. The predicted octanol–water partition coefficient (Wildman–Crippen LogP) is 1.61. The summed E-state index contributed by atoms with van der Waals surface area (Å²) in [5.74, 6) is -1.11. The molecule has 1 aromatic rings. The minimum atomic E-state index is -0.943. The van der Waals surface area contributed by atoms with Gasteiger partial charge in [-0.15, -0.1) is 0 Å². The summed E-state index contributed by atoms with van der Waals surface area (Å²) in [7, 11) is 2.01. The molecule has 2 rings (SSSR count). The number of ketones is 1. The van der Waals surface area contributed by atoms with E-state index in [1.807, 2.05) is 11.9 Å². The molecule has 1 aliphatic rings. The second-order valence-corrected chi connectivity index (χ2v) is 5.76. The van der Waals surface area contributed by atoms with Gasteiger partial charge >= 0.3 is 5.97 Å². The van der Waals surface area contributed by atoms with Crippen LogP contribution in [-0.4, -0.2) is 65.9 Å². The van der Waals surface area contributed by atoms with Crippen molar-refractivity contribution in [3.63, 3.8) is 0 Å². The second kappa shape index (κ2) is 7.02. The molecule has 1 saturated heterocycles. The van der Waals surface area contributed by atoms with Crippen molar-refractivity contribution in [1.82, 2.24) is 9.80 Å². The summed E-state index contributed by atoms with van der Waals surface area (Å²) >= 11 is 5.79. The highest BCUT2D eigenvalue weighted by Gasteiger charge is 2.30. The molecular weight excluding hydrogens is 292 g/mol. The molecule has 0 aromatic heterocycles. The topological polar surface area (TPSA) is 60.9 Å². The summed E-state index contributed by atoms with van der Waals surface area (Å²) in [6, 6.07) is 5.78. The molecule has 0 spiro atoms. The van der Waals surface area contributed by atoms with Crippen LogP contribution < -0.4 is 0 Å². The van der Waals surface area contributed by atoms with Crippen LogP contribution in [0.5, 0.6) is 0 Å². The maximum Gasteiger partial charge on any atom is 0.321 e. The third-order valence-electron chi connectivity index (χ3n) is 3.81. The van der Waals surface area contributed by atoms with Gasteiger partial charge in [-0.05, 0) is 31.3 Å². The van der Waals surface area contributed by atoms with E-state index in [2.05, 4.69) is 4.90 Å². The minimum absolute atomic E-state index is 0.0132. The molecule has 0 bridgehead atoms. The smallest absolute Gasteiger partial charge is 0.321 e. The number of likely N-dealkylation sites (N-methyl/N-ethyl adjacent to an activating group) is 1. The summed E-state index contributed by atoms with van der Waals surface area (Å²) in [5, 5.41) is 9.96. The van der Waals surface area contributed by atoms with Crippen molar-refractivity contribution in [3.8, 4) is 0 Å². The van der Waals surface area contributed by atoms with Crippen molar-refractivity contribution in [2.45, 2.75) is 12.5 Å². The number of hydrogen-bond acceptors (Lipinski definition) is 4. The number of nitrogens with zero attached hydrogens (tertiary/aromatic N) is 2. The first kappa shape index (κ1) is 15.9. The van der Waals surface area contributed by atoms with Crippen LogP contribution in [-0.2, 0) is 4.79 Å². The SMILES string of the molecule is CN1CCN([C@H](CC(=O)c2ccc(Cl)cc2)C(=O)O)CC1. The third-order valence-corrected chi connectivity index (χ3v) is 4.06. The standard InChI is InChI=1S/C15H19ClN2O3/c1-17-6-8-18(9-7-17)13(15(20)21)10-14(19)11-2-4-12(16)5-3-11/h2-5,13H,6-10H2,1H3,(H,20,21)/t13-/m1/s1. The first-order valence-electron chi connectivity index (χ1n) is 6.91. The van der Waals surface area contributed by atoms with Gasteiger partial charge in [-0.2, -0.15) is 0 Å². The molecule has 6 heteroatoms. The van der Waals surface area contributed by atoms with Gasteiger partial charge in [0, 0.05) is 43.2 Å². The molecule has 0 saturated carbocycles. The fourth-order valence-electron chi connectivity index (χ4n) is 2.44. The Balaban J connectivity index is 2.04. The van der Waals surface area contributed by atoms with Crippen LogP contribution in [0.4, 0.5) is 0 Å². The zero-order chi connectivity index (χ0) is 15.4. The van der Waals surface area contributed by atoms with Crippen LogP contribution in [0.2, 0.25) is 5.02 Å². The van der Waals surface area contributed by atoms with Gasteiger partial charge in [0.2, 0.25) is 0 Å². The van der Waals surface area contributed by atoms with Crippen molar-refractivity contribution in [2.24, 2.45) is 0 Å². The lowest BCUT2D eigenvalue weighted by molar-refractivity contribution is -0.143. The zero-order valence-corrected chi connectivity index (χ0v) is 12.7. The van der Waals surface area contributed by atoms with Crippen LogP contribution in [0.1, 0.15) is 16.8 Å². The number of aliphatic carboxylic acids is 1. The van der Waals surface area contributed by atoms with E-state index in [0.717, 1.165) is 13.1 Å². The van der Waals surface area contributed by atoms with Crippen molar-refractivity contribution >= 4 is 23.4 Å². The van der Waals surface area contributed by atoms with Gasteiger partial charge in [0.05, 0.1) is 0 Å². The first-order chi connectivity index (χ1) is 9.97. The Bertz CT molecular complexity index is 510. The summed E-state index contributed by atoms with van der Waals surface area (Å²) in [5.41, 5.74) is 0.500. The van der Waals surface area contributed by atoms with Crippen LogP contribution >= 0.6 is 11.6 Å². The number of rotatable bonds is 5. The number of halogens is 1. The van der Waals surface area contributed by atoms with Gasteiger partial charge in [0.15, 0.2) is 5.78 Å². The van der Waals surface area contributed by atoms with E-state index in [4.69, 9.17) is 11.6 Å². The molecule has 1 heterocycles. The van der Waals surface area contributed by atoms with Gasteiger partial charge in [-0.1, -0.05) is 11.6 Å². The monoisotopic (exact) mass is 310 g/mol. The van der Waals surface area contributed by atoms with Crippen LogP contribution in [0, 0.1) is 0 Å². The molecule has 5 nitrogen and oxygen atoms in total. The lowest BCUT2D eigenvalue weighted by Gasteiger charge is -2.35. The molecule has 1 aliphatic heterocycles. The van der Waals surface area contributed by atoms with Gasteiger partial charge in [0.25, 0.3) is 0 Å². The summed E-state index contributed by atoms with van der Waals surface area (Å²) in [6.07, 6.45) is -0.0132. The summed E-state index contributed by atoms with van der Waals surface area (Å²) in [4.78, 5) is 27.7. The van der Waals surface area contributed by atoms with E-state index < -0.39 is 12.0 Å². The number of benzene rings is 1. The molecule has 1 N–H and O–H groups in total. The van der Waals surface area contributed by atoms with E-state index in [1.165, 1.54) is 0 Å². The lowest BCUT2D eigenvalue weighted by atomic mass is 10.0. The van der Waals surface area contributed by atoms with Gasteiger partial charge in [0.1, 0.15) is 6.04 Å². The quantitative estimate of drug-likeness (QED) is 0.837. The van der Waals surface area contributed by atoms with Crippen molar-refractivity contribution in [3.05, 3.63) is 34.9 Å². The minimum Gasteiger partial charge on any atom is -0.480 e. The second-order valence-electron chi connectivity index (χ2n) is 5.33. The molecule has 1 aromatic carbocycles. The molecular formula is C15H19ClN2O3. The van der Waals surface area contributed by atoms with Crippen molar-refractivity contribution in [2.75, 3.05) is 33.2 Å². The highest BCUT2D eigenvalue weighted by Crippen LogP contribution is 2.15. The number of carbonyl (C=O) groups excluding carboxylic acids is 1. The Kier molecular flexibility index (Phi) is 5.33. The Morgan fingerprint density at radius 2 is 1.76 bits per heavy atom. The van der Waals surface area contributed by atoms with Gasteiger partial charge in [-0.25, -0.2) is 0 Å². The van der Waals surface area contributed by atoms with Crippen LogP contribution in [0.25, 0.3) is 0 Å². The number of piperazine rings is 1. The molecule has 1 fully saturated rings. The van der Waals surface area contributed by atoms with E-state index in [0.29, 0.717) is 23.7 Å². The van der Waals surface area contributed by atoms with E-state index in [9.17, 15) is 14.7 Å². The average Bonchev–Trinajstić information content (AvgIpc) is 2.46. The molecule has 0 unspecified atom stereocenters. The lowest BCUT2D eigenvalue weighted by Crippen LogP contribution is -2.52. The number of carboxylic acids is 1. The van der Waals surface area contributed by atoms with Crippen LogP contribution in [0.3, 0.4) is 0 Å². The Morgan fingerprint density at radius 1 is 1.19 bits per heavy atom. The highest BCUT2D eigenvalue weighted by molar-refractivity contribution is 6.30. The largest absolute Gasteiger partial charge is 0.480 e. The Labute approximate surface area is 129 Å². The van der Waals surface area contributed by atoms with Gasteiger partial charge < -0.3 is 10.0 Å². The fraction of sp³-hybridized carbons (Fsp3) is 0.467. The molecule has 0 amide bonds. The molecule has 0 aliphatic carbocycles. The predicted molar refractivity (Wildman–Crippen MR) is 80.9 cm³/mol. The Hall–Kier alpha value is -1.43. The summed E-state index contributed by atoms with van der Waals surface area (Å²) < 4.78 is 0. The number of hydrogen-bond donors (Lipinski definition) is 1.